The van der Waals surface area contributed by atoms with Crippen LogP contribution < -0.4 is 16.6 Å². The highest BCUT2D eigenvalue weighted by Gasteiger charge is 2.26. The van der Waals surface area contributed by atoms with Crippen molar-refractivity contribution in [3.8, 4) is 0 Å². The van der Waals surface area contributed by atoms with Gasteiger partial charge in [-0.2, -0.15) is 0 Å². The zero-order chi connectivity index (χ0) is 11.0. The molecule has 16 heavy (non-hydrogen) atoms. The Bertz CT molecular complexity index is 506. The van der Waals surface area contributed by atoms with Crippen LogP contribution in [0.5, 0.6) is 0 Å². The molecule has 1 aromatic carbocycles. The summed E-state index contributed by atoms with van der Waals surface area (Å²) in [5.41, 5.74) is 14.4. The SMILES string of the molecule is NC1NNCC1c1ccnc2ccccc12. The van der Waals surface area contributed by atoms with E-state index in [1.807, 2.05) is 24.4 Å². The van der Waals surface area contributed by atoms with Crippen molar-refractivity contribution in [3.63, 3.8) is 0 Å². The third-order valence-electron chi connectivity index (χ3n) is 3.11. The van der Waals surface area contributed by atoms with Crippen molar-refractivity contribution in [1.82, 2.24) is 15.8 Å². The number of rotatable bonds is 1. The van der Waals surface area contributed by atoms with Gasteiger partial charge in [0.05, 0.1) is 11.7 Å². The van der Waals surface area contributed by atoms with Crippen molar-refractivity contribution in [2.45, 2.75) is 12.1 Å². The quantitative estimate of drug-likeness (QED) is 0.654. The van der Waals surface area contributed by atoms with Crippen LogP contribution in [0, 0.1) is 0 Å². The van der Waals surface area contributed by atoms with Gasteiger partial charge >= 0.3 is 0 Å². The molecule has 1 aliphatic heterocycles. The lowest BCUT2D eigenvalue weighted by molar-refractivity contribution is 0.548. The Balaban J connectivity index is 2.16. The van der Waals surface area contributed by atoms with Gasteiger partial charge in [-0.25, -0.2) is 5.43 Å². The zero-order valence-electron chi connectivity index (χ0n) is 8.85. The van der Waals surface area contributed by atoms with E-state index in [1.54, 1.807) is 0 Å². The minimum absolute atomic E-state index is 0.0363. The second kappa shape index (κ2) is 3.83. The molecule has 0 spiro atoms. The van der Waals surface area contributed by atoms with Crippen LogP contribution in [0.1, 0.15) is 11.5 Å². The number of benzene rings is 1. The molecule has 2 atom stereocenters. The molecule has 2 aromatic rings. The molecular weight excluding hydrogens is 200 g/mol. The van der Waals surface area contributed by atoms with E-state index in [4.69, 9.17) is 5.73 Å². The monoisotopic (exact) mass is 214 g/mol. The summed E-state index contributed by atoms with van der Waals surface area (Å²) >= 11 is 0. The van der Waals surface area contributed by atoms with Gasteiger partial charge in [0.1, 0.15) is 0 Å². The van der Waals surface area contributed by atoms with Crippen molar-refractivity contribution in [1.29, 1.82) is 0 Å². The smallest absolute Gasteiger partial charge is 0.0761 e. The van der Waals surface area contributed by atoms with Crippen molar-refractivity contribution >= 4 is 10.9 Å². The van der Waals surface area contributed by atoms with Crippen molar-refractivity contribution < 1.29 is 0 Å². The van der Waals surface area contributed by atoms with Crippen molar-refractivity contribution in [2.24, 2.45) is 5.73 Å². The Kier molecular flexibility index (Phi) is 2.32. The lowest BCUT2D eigenvalue weighted by atomic mass is 9.94. The van der Waals surface area contributed by atoms with Crippen molar-refractivity contribution in [2.75, 3.05) is 6.54 Å². The molecular formula is C12H14N4. The number of nitrogens with one attached hydrogen (secondary N) is 2. The van der Waals surface area contributed by atoms with Gasteiger partial charge in [-0.1, -0.05) is 18.2 Å². The van der Waals surface area contributed by atoms with Gasteiger partial charge in [0.15, 0.2) is 0 Å². The van der Waals surface area contributed by atoms with E-state index in [-0.39, 0.29) is 6.17 Å². The summed E-state index contributed by atoms with van der Waals surface area (Å²) in [5, 5.41) is 1.19. The average Bonchev–Trinajstić information content (AvgIpc) is 2.75. The number of fused-ring (bicyclic) bond motifs is 1. The predicted molar refractivity (Wildman–Crippen MR) is 63.6 cm³/mol. The molecule has 4 N–H and O–H groups in total. The number of pyridine rings is 1. The number of nitrogens with zero attached hydrogens (tertiary/aromatic N) is 1. The van der Waals surface area contributed by atoms with E-state index in [9.17, 15) is 0 Å². The molecule has 82 valence electrons. The number of aromatic nitrogens is 1. The van der Waals surface area contributed by atoms with Crippen LogP contribution in [-0.4, -0.2) is 17.7 Å². The Labute approximate surface area is 93.8 Å². The maximum atomic E-state index is 6.01. The summed E-state index contributed by atoms with van der Waals surface area (Å²) in [6.45, 7) is 0.856. The Hall–Kier alpha value is -1.49. The predicted octanol–water partition coefficient (Wildman–Crippen LogP) is 0.711. The van der Waals surface area contributed by atoms with E-state index >= 15 is 0 Å². The lowest BCUT2D eigenvalue weighted by Crippen LogP contribution is -2.38. The minimum atomic E-state index is -0.0363. The molecule has 0 radical (unpaired) electrons. The topological polar surface area (TPSA) is 63.0 Å². The summed E-state index contributed by atoms with van der Waals surface area (Å²) in [5.74, 6) is 0.299. The first kappa shape index (κ1) is 9.72. The van der Waals surface area contributed by atoms with E-state index < -0.39 is 0 Å². The highest BCUT2D eigenvalue weighted by Crippen LogP contribution is 2.26. The van der Waals surface area contributed by atoms with Gasteiger partial charge in [0.2, 0.25) is 0 Å². The van der Waals surface area contributed by atoms with Gasteiger partial charge in [-0.15, -0.1) is 0 Å². The fraction of sp³-hybridized carbons (Fsp3) is 0.250. The van der Waals surface area contributed by atoms with Crippen LogP contribution in [0.15, 0.2) is 36.5 Å². The number of hydrazine groups is 1. The molecule has 0 bridgehead atoms. The first-order chi connectivity index (χ1) is 7.86. The summed E-state index contributed by atoms with van der Waals surface area (Å²) in [6, 6.07) is 10.2. The minimum Gasteiger partial charge on any atom is -0.314 e. The molecule has 0 saturated carbocycles. The van der Waals surface area contributed by atoms with Gasteiger partial charge in [-0.05, 0) is 17.7 Å². The second-order valence-electron chi connectivity index (χ2n) is 4.07. The van der Waals surface area contributed by atoms with Crippen LogP contribution in [0.25, 0.3) is 10.9 Å². The molecule has 2 heterocycles. The standard InChI is InChI=1S/C12H14N4/c13-12-10(7-15-16-12)8-5-6-14-11-4-2-1-3-9(8)11/h1-6,10,12,15-16H,7,13H2. The summed E-state index contributed by atoms with van der Waals surface area (Å²) in [7, 11) is 0. The van der Waals surface area contributed by atoms with Gasteiger partial charge in [-0.3, -0.25) is 10.4 Å². The molecule has 0 amide bonds. The fourth-order valence-electron chi connectivity index (χ4n) is 2.26. The van der Waals surface area contributed by atoms with E-state index in [1.165, 1.54) is 10.9 Å². The molecule has 4 nitrogen and oxygen atoms in total. The molecule has 1 fully saturated rings. The molecule has 2 unspecified atom stereocenters. The average molecular weight is 214 g/mol. The number of nitrogens with two attached hydrogens (primary N) is 1. The van der Waals surface area contributed by atoms with Crippen LogP contribution >= 0.6 is 0 Å². The highest BCUT2D eigenvalue weighted by molar-refractivity contribution is 5.82. The normalized spacial score (nSPS) is 25.1. The largest absolute Gasteiger partial charge is 0.314 e. The van der Waals surface area contributed by atoms with E-state index in [2.05, 4.69) is 28.0 Å². The van der Waals surface area contributed by atoms with Crippen LogP contribution in [0.2, 0.25) is 0 Å². The van der Waals surface area contributed by atoms with E-state index in [0.29, 0.717) is 5.92 Å². The fourth-order valence-corrected chi connectivity index (χ4v) is 2.26. The number of hydrogen-bond donors (Lipinski definition) is 3. The van der Waals surface area contributed by atoms with Crippen LogP contribution in [0.4, 0.5) is 0 Å². The first-order valence-corrected chi connectivity index (χ1v) is 5.44. The summed E-state index contributed by atoms with van der Waals surface area (Å²) in [6.07, 6.45) is 1.81. The van der Waals surface area contributed by atoms with E-state index in [0.717, 1.165) is 12.1 Å². The third kappa shape index (κ3) is 1.48. The molecule has 0 aliphatic carbocycles. The summed E-state index contributed by atoms with van der Waals surface area (Å²) in [4.78, 5) is 4.36. The summed E-state index contributed by atoms with van der Waals surface area (Å²) < 4.78 is 0. The molecule has 1 saturated heterocycles. The Morgan fingerprint density at radius 3 is 2.94 bits per heavy atom. The van der Waals surface area contributed by atoms with Gasteiger partial charge in [0.25, 0.3) is 0 Å². The highest BCUT2D eigenvalue weighted by atomic mass is 15.4. The second-order valence-corrected chi connectivity index (χ2v) is 4.07. The Morgan fingerprint density at radius 2 is 2.12 bits per heavy atom. The molecule has 3 rings (SSSR count). The van der Waals surface area contributed by atoms with Gasteiger partial charge in [0, 0.05) is 24.0 Å². The third-order valence-corrected chi connectivity index (χ3v) is 3.11. The molecule has 4 heteroatoms. The van der Waals surface area contributed by atoms with Gasteiger partial charge < -0.3 is 5.73 Å². The maximum Gasteiger partial charge on any atom is 0.0761 e. The molecule has 1 aliphatic rings. The molecule has 1 aromatic heterocycles. The van der Waals surface area contributed by atoms with Crippen LogP contribution in [-0.2, 0) is 0 Å². The van der Waals surface area contributed by atoms with Crippen molar-refractivity contribution in [3.05, 3.63) is 42.1 Å². The maximum absolute atomic E-state index is 6.01. The lowest BCUT2D eigenvalue weighted by Gasteiger charge is -2.15. The zero-order valence-corrected chi connectivity index (χ0v) is 8.85. The first-order valence-electron chi connectivity index (χ1n) is 5.44. The number of hydrogen-bond acceptors (Lipinski definition) is 4. The van der Waals surface area contributed by atoms with Crippen LogP contribution in [0.3, 0.4) is 0 Å². The Morgan fingerprint density at radius 1 is 1.25 bits per heavy atom. The number of para-hydroxylation sites is 1.